The Morgan fingerprint density at radius 1 is 1.50 bits per heavy atom. The summed E-state index contributed by atoms with van der Waals surface area (Å²) in [6.07, 6.45) is 2.15. The zero-order valence-electron chi connectivity index (χ0n) is 13.4. The number of carbonyl (C=O) groups is 1. The molecule has 0 saturated carbocycles. The van der Waals surface area contributed by atoms with Crippen molar-refractivity contribution < 1.29 is 17.6 Å². The Morgan fingerprint density at radius 3 is 2.73 bits per heavy atom. The van der Waals surface area contributed by atoms with Crippen molar-refractivity contribution >= 4 is 15.7 Å². The highest BCUT2D eigenvalue weighted by Crippen LogP contribution is 2.19. The van der Waals surface area contributed by atoms with Crippen molar-refractivity contribution in [2.75, 3.05) is 25.1 Å². The third kappa shape index (κ3) is 3.89. The van der Waals surface area contributed by atoms with E-state index in [0.717, 1.165) is 5.76 Å². The molecule has 2 atom stereocenters. The van der Waals surface area contributed by atoms with E-state index < -0.39 is 9.84 Å². The largest absolute Gasteiger partial charge is 0.468 e. The zero-order valence-corrected chi connectivity index (χ0v) is 14.2. The smallest absolute Gasteiger partial charge is 0.239 e. The van der Waals surface area contributed by atoms with E-state index in [4.69, 9.17) is 4.42 Å². The molecule has 124 valence electrons. The van der Waals surface area contributed by atoms with Gasteiger partial charge in [0.1, 0.15) is 5.76 Å². The number of furan rings is 1. The lowest BCUT2D eigenvalue weighted by molar-refractivity contribution is -0.137. The van der Waals surface area contributed by atoms with E-state index in [0.29, 0.717) is 19.5 Å². The molecule has 1 amide bonds. The Kier molecular flexibility index (Phi) is 5.28. The predicted molar refractivity (Wildman–Crippen MR) is 84.1 cm³/mol. The number of rotatable bonds is 6. The molecule has 0 bridgehead atoms. The molecule has 1 aromatic rings. The first kappa shape index (κ1) is 17.0. The molecule has 0 radical (unpaired) electrons. The number of nitrogens with zero attached hydrogens (tertiary/aromatic N) is 2. The Bertz CT molecular complexity index is 597. The van der Waals surface area contributed by atoms with E-state index in [2.05, 4.69) is 0 Å². The normalized spacial score (nSPS) is 21.9. The van der Waals surface area contributed by atoms with Gasteiger partial charge in [-0.05, 0) is 32.0 Å². The summed E-state index contributed by atoms with van der Waals surface area (Å²) in [5.41, 5.74) is 0. The first-order chi connectivity index (χ1) is 10.3. The first-order valence-corrected chi connectivity index (χ1v) is 9.39. The Balaban J connectivity index is 2.00. The molecule has 1 aliphatic heterocycles. The average molecular weight is 328 g/mol. The van der Waals surface area contributed by atoms with Gasteiger partial charge < -0.3 is 9.32 Å². The van der Waals surface area contributed by atoms with Crippen molar-refractivity contribution in [1.82, 2.24) is 9.80 Å². The third-order valence-corrected chi connectivity index (χ3v) is 6.10. The molecule has 1 aliphatic rings. The molecule has 2 heterocycles. The lowest BCUT2D eigenvalue weighted by Gasteiger charge is -2.32. The maximum atomic E-state index is 12.6. The van der Waals surface area contributed by atoms with E-state index in [9.17, 15) is 13.2 Å². The van der Waals surface area contributed by atoms with Crippen molar-refractivity contribution in [3.8, 4) is 0 Å². The van der Waals surface area contributed by atoms with E-state index in [1.54, 1.807) is 18.2 Å². The molecule has 1 saturated heterocycles. The molecule has 7 heteroatoms. The molecule has 0 aliphatic carbocycles. The monoisotopic (exact) mass is 328 g/mol. The van der Waals surface area contributed by atoms with Crippen molar-refractivity contribution in [1.29, 1.82) is 0 Å². The Labute approximate surface area is 132 Å². The number of sulfone groups is 1. The van der Waals surface area contributed by atoms with Gasteiger partial charge in [-0.1, -0.05) is 6.92 Å². The van der Waals surface area contributed by atoms with E-state index in [-0.39, 0.29) is 29.5 Å². The molecule has 0 aromatic carbocycles. The number of hydrogen-bond acceptors (Lipinski definition) is 5. The Hall–Kier alpha value is -1.34. The fraction of sp³-hybridized carbons (Fsp3) is 0.667. The number of carbonyl (C=O) groups excluding carboxylic acids is 1. The van der Waals surface area contributed by atoms with Gasteiger partial charge in [-0.25, -0.2) is 8.42 Å². The third-order valence-electron chi connectivity index (χ3n) is 4.35. The molecule has 0 unspecified atom stereocenters. The minimum atomic E-state index is -2.99. The van der Waals surface area contributed by atoms with Crippen LogP contribution in [0, 0.1) is 0 Å². The van der Waals surface area contributed by atoms with Crippen molar-refractivity contribution in [2.45, 2.75) is 38.9 Å². The fourth-order valence-corrected chi connectivity index (χ4v) is 4.61. The summed E-state index contributed by atoms with van der Waals surface area (Å²) >= 11 is 0. The molecule has 0 spiro atoms. The zero-order chi connectivity index (χ0) is 16.3. The van der Waals surface area contributed by atoms with E-state index in [1.807, 2.05) is 30.9 Å². The fourth-order valence-electron chi connectivity index (χ4n) is 2.84. The van der Waals surface area contributed by atoms with Gasteiger partial charge >= 0.3 is 0 Å². The quantitative estimate of drug-likeness (QED) is 0.783. The van der Waals surface area contributed by atoms with Gasteiger partial charge in [-0.15, -0.1) is 0 Å². The number of amides is 1. The maximum Gasteiger partial charge on any atom is 0.239 e. The molecular formula is C15H24N2O4S. The first-order valence-electron chi connectivity index (χ1n) is 7.57. The highest BCUT2D eigenvalue weighted by Gasteiger charge is 2.35. The van der Waals surface area contributed by atoms with Crippen LogP contribution in [0.1, 0.15) is 26.0 Å². The van der Waals surface area contributed by atoms with Crippen LogP contribution in [-0.2, 0) is 21.2 Å². The van der Waals surface area contributed by atoms with Crippen LogP contribution in [0.5, 0.6) is 0 Å². The molecule has 1 aromatic heterocycles. The predicted octanol–water partition coefficient (Wildman–Crippen LogP) is 1.14. The maximum absolute atomic E-state index is 12.6. The lowest BCUT2D eigenvalue weighted by Crippen LogP contribution is -2.49. The van der Waals surface area contributed by atoms with Gasteiger partial charge in [0, 0.05) is 13.1 Å². The average Bonchev–Trinajstić information content (AvgIpc) is 3.11. The van der Waals surface area contributed by atoms with Gasteiger partial charge in [0.2, 0.25) is 5.91 Å². The molecule has 1 fully saturated rings. The molecule has 0 N–H and O–H groups in total. The van der Waals surface area contributed by atoms with Crippen molar-refractivity contribution in [2.24, 2.45) is 0 Å². The standard InChI is InChI=1S/C15H24N2O4S/c1-4-17(10-14-6-5-8-21-14)12(2)15(18)16(3)13-7-9-22(19,20)11-13/h5-6,8,12-13H,4,7,9-11H2,1-3H3/t12-,13+/m0/s1. The Morgan fingerprint density at radius 2 is 2.23 bits per heavy atom. The molecule has 2 rings (SSSR count). The van der Waals surface area contributed by atoms with Gasteiger partial charge in [0.05, 0.1) is 30.4 Å². The number of hydrogen-bond donors (Lipinski definition) is 0. The highest BCUT2D eigenvalue weighted by molar-refractivity contribution is 7.91. The van der Waals surface area contributed by atoms with E-state index >= 15 is 0 Å². The number of likely N-dealkylation sites (N-methyl/N-ethyl adjacent to an activating group) is 2. The van der Waals surface area contributed by atoms with Gasteiger partial charge in [-0.3, -0.25) is 9.69 Å². The van der Waals surface area contributed by atoms with Crippen LogP contribution in [0.4, 0.5) is 0 Å². The minimum absolute atomic E-state index is 0.0458. The summed E-state index contributed by atoms with van der Waals surface area (Å²) in [6.45, 7) is 5.12. The summed E-state index contributed by atoms with van der Waals surface area (Å²) < 4.78 is 28.5. The highest BCUT2D eigenvalue weighted by atomic mass is 32.2. The van der Waals surface area contributed by atoms with Crippen LogP contribution < -0.4 is 0 Å². The topological polar surface area (TPSA) is 70.8 Å². The van der Waals surface area contributed by atoms with Crippen LogP contribution in [-0.4, -0.2) is 61.3 Å². The summed E-state index contributed by atoms with van der Waals surface area (Å²) in [5, 5.41) is 0. The van der Waals surface area contributed by atoms with Crippen LogP contribution in [0.3, 0.4) is 0 Å². The minimum Gasteiger partial charge on any atom is -0.468 e. The van der Waals surface area contributed by atoms with Crippen LogP contribution >= 0.6 is 0 Å². The molecule has 22 heavy (non-hydrogen) atoms. The van der Waals surface area contributed by atoms with E-state index in [1.165, 1.54) is 0 Å². The second kappa shape index (κ2) is 6.83. The lowest BCUT2D eigenvalue weighted by atomic mass is 10.1. The van der Waals surface area contributed by atoms with Crippen molar-refractivity contribution in [3.05, 3.63) is 24.2 Å². The molecular weight excluding hydrogens is 304 g/mol. The van der Waals surface area contributed by atoms with Gasteiger partial charge in [0.25, 0.3) is 0 Å². The summed E-state index contributed by atoms with van der Waals surface area (Å²) in [4.78, 5) is 16.2. The SMILES string of the molecule is CCN(Cc1ccco1)[C@@H](C)C(=O)N(C)[C@@H]1CCS(=O)(=O)C1. The van der Waals surface area contributed by atoms with Crippen LogP contribution in [0.2, 0.25) is 0 Å². The second-order valence-electron chi connectivity index (χ2n) is 5.82. The van der Waals surface area contributed by atoms with Crippen molar-refractivity contribution in [3.63, 3.8) is 0 Å². The summed E-state index contributed by atoms with van der Waals surface area (Å²) in [7, 11) is -1.29. The van der Waals surface area contributed by atoms with Crippen LogP contribution in [0.15, 0.2) is 22.8 Å². The molecule has 6 nitrogen and oxygen atoms in total. The van der Waals surface area contributed by atoms with Gasteiger partial charge in [-0.2, -0.15) is 0 Å². The van der Waals surface area contributed by atoms with Crippen LogP contribution in [0.25, 0.3) is 0 Å². The second-order valence-corrected chi connectivity index (χ2v) is 8.05. The summed E-state index contributed by atoms with van der Waals surface area (Å²) in [6, 6.07) is 3.18. The van der Waals surface area contributed by atoms with Gasteiger partial charge in [0.15, 0.2) is 9.84 Å². The summed E-state index contributed by atoms with van der Waals surface area (Å²) in [5.74, 6) is 1.02.